The summed E-state index contributed by atoms with van der Waals surface area (Å²) < 4.78 is 2.00. The molecule has 0 aliphatic heterocycles. The third-order valence-electron chi connectivity index (χ3n) is 2.78. The Morgan fingerprint density at radius 2 is 2.44 bits per heavy atom. The van der Waals surface area contributed by atoms with Crippen molar-refractivity contribution in [3.63, 3.8) is 0 Å². The summed E-state index contributed by atoms with van der Waals surface area (Å²) in [5.41, 5.74) is -0.197. The van der Waals surface area contributed by atoms with Gasteiger partial charge in [-0.2, -0.15) is 0 Å². The first-order chi connectivity index (χ1) is 7.63. The van der Waals surface area contributed by atoms with E-state index in [-0.39, 0.29) is 12.1 Å². The predicted molar refractivity (Wildman–Crippen MR) is 65.6 cm³/mol. The molecule has 1 heterocycles. The van der Waals surface area contributed by atoms with E-state index in [1.807, 2.05) is 17.8 Å². The van der Waals surface area contributed by atoms with Crippen LogP contribution in [0.3, 0.4) is 0 Å². The summed E-state index contributed by atoms with van der Waals surface area (Å²) in [7, 11) is 1.99. The highest BCUT2D eigenvalue weighted by atomic mass is 32.2. The number of nitrogens with one attached hydrogen (secondary N) is 1. The Hall–Kier alpha value is -0.520. The van der Waals surface area contributed by atoms with Gasteiger partial charge in [0, 0.05) is 36.8 Å². The lowest BCUT2D eigenvalue weighted by Crippen LogP contribution is -2.49. The van der Waals surface area contributed by atoms with Crippen LogP contribution in [0.5, 0.6) is 0 Å². The Morgan fingerprint density at radius 3 is 2.94 bits per heavy atom. The molecular formula is C11H19N3OS. The highest BCUT2D eigenvalue weighted by Crippen LogP contribution is 2.26. The normalized spacial score (nSPS) is 19.7. The van der Waals surface area contributed by atoms with Gasteiger partial charge >= 0.3 is 0 Å². The first-order valence-corrected chi connectivity index (χ1v) is 6.60. The van der Waals surface area contributed by atoms with E-state index >= 15 is 0 Å². The Kier molecular flexibility index (Phi) is 3.56. The number of imidazole rings is 1. The van der Waals surface area contributed by atoms with Crippen molar-refractivity contribution >= 4 is 11.8 Å². The maximum absolute atomic E-state index is 9.46. The van der Waals surface area contributed by atoms with E-state index in [0.29, 0.717) is 6.04 Å². The molecule has 16 heavy (non-hydrogen) atoms. The first-order valence-electron chi connectivity index (χ1n) is 5.62. The van der Waals surface area contributed by atoms with Crippen LogP contribution in [-0.2, 0) is 7.05 Å². The Morgan fingerprint density at radius 1 is 1.69 bits per heavy atom. The van der Waals surface area contributed by atoms with Gasteiger partial charge in [0.2, 0.25) is 0 Å². The van der Waals surface area contributed by atoms with Crippen molar-refractivity contribution in [3.05, 3.63) is 12.4 Å². The molecular weight excluding hydrogens is 222 g/mol. The fourth-order valence-electron chi connectivity index (χ4n) is 1.57. The Labute approximate surface area is 100 Å². The summed E-state index contributed by atoms with van der Waals surface area (Å²) in [6.07, 6.45) is 6.21. The molecule has 90 valence electrons. The molecule has 1 fully saturated rings. The number of nitrogens with zero attached hydrogens (tertiary/aromatic N) is 2. The van der Waals surface area contributed by atoms with Gasteiger partial charge < -0.3 is 15.0 Å². The lowest BCUT2D eigenvalue weighted by Gasteiger charge is -2.28. The van der Waals surface area contributed by atoms with Crippen LogP contribution in [0.4, 0.5) is 0 Å². The zero-order valence-electron chi connectivity index (χ0n) is 9.81. The van der Waals surface area contributed by atoms with Gasteiger partial charge in [-0.05, 0) is 19.8 Å². The number of hydrogen-bond acceptors (Lipinski definition) is 4. The molecule has 2 N–H and O–H groups in total. The molecule has 1 aromatic rings. The highest BCUT2D eigenvalue weighted by molar-refractivity contribution is 7.99. The number of thioether (sulfide) groups is 1. The van der Waals surface area contributed by atoms with Crippen molar-refractivity contribution < 1.29 is 5.11 Å². The highest BCUT2D eigenvalue weighted by Gasteiger charge is 2.32. The molecule has 1 aromatic heterocycles. The quantitative estimate of drug-likeness (QED) is 0.730. The van der Waals surface area contributed by atoms with Crippen LogP contribution < -0.4 is 5.32 Å². The predicted octanol–water partition coefficient (Wildman–Crippen LogP) is 1.02. The molecule has 1 atom stereocenters. The minimum Gasteiger partial charge on any atom is -0.394 e. The van der Waals surface area contributed by atoms with Crippen molar-refractivity contribution in [2.75, 3.05) is 12.4 Å². The summed E-state index contributed by atoms with van der Waals surface area (Å²) in [5.74, 6) is 0.838. The van der Waals surface area contributed by atoms with E-state index < -0.39 is 0 Å². The van der Waals surface area contributed by atoms with E-state index in [4.69, 9.17) is 0 Å². The molecule has 1 aliphatic rings. The molecule has 1 aliphatic carbocycles. The van der Waals surface area contributed by atoms with Gasteiger partial charge in [0.05, 0.1) is 6.61 Å². The maximum Gasteiger partial charge on any atom is 0.167 e. The topological polar surface area (TPSA) is 50.1 Å². The van der Waals surface area contributed by atoms with E-state index in [0.717, 1.165) is 10.9 Å². The van der Waals surface area contributed by atoms with Gasteiger partial charge in [0.1, 0.15) is 0 Å². The maximum atomic E-state index is 9.46. The number of rotatable bonds is 6. The summed E-state index contributed by atoms with van der Waals surface area (Å²) in [4.78, 5) is 4.26. The molecule has 4 nitrogen and oxygen atoms in total. The fraction of sp³-hybridized carbons (Fsp3) is 0.727. The average Bonchev–Trinajstić information content (AvgIpc) is 2.97. The monoisotopic (exact) mass is 241 g/mol. The zero-order valence-corrected chi connectivity index (χ0v) is 10.6. The first kappa shape index (κ1) is 12.0. The summed E-state index contributed by atoms with van der Waals surface area (Å²) >= 11 is 1.68. The van der Waals surface area contributed by atoms with Crippen molar-refractivity contribution in [1.29, 1.82) is 0 Å². The summed E-state index contributed by atoms with van der Waals surface area (Å²) in [6, 6.07) is 0.610. The number of aliphatic hydroxyl groups excluding tert-OH is 1. The Bertz CT molecular complexity index is 351. The number of aryl methyl sites for hydroxylation is 1. The van der Waals surface area contributed by atoms with E-state index in [9.17, 15) is 5.11 Å². The van der Waals surface area contributed by atoms with E-state index in [2.05, 4.69) is 17.2 Å². The van der Waals surface area contributed by atoms with Gasteiger partial charge in [-0.25, -0.2) is 4.98 Å². The second-order valence-electron chi connectivity index (χ2n) is 4.75. The molecule has 5 heteroatoms. The van der Waals surface area contributed by atoms with Crippen LogP contribution >= 0.6 is 11.8 Å². The molecule has 1 saturated carbocycles. The Balaban J connectivity index is 1.88. The number of hydrogen-bond donors (Lipinski definition) is 2. The van der Waals surface area contributed by atoms with E-state index in [1.165, 1.54) is 12.8 Å². The third-order valence-corrected chi connectivity index (χ3v) is 4.21. The smallest absolute Gasteiger partial charge is 0.167 e. The van der Waals surface area contributed by atoms with Crippen LogP contribution in [0, 0.1) is 0 Å². The van der Waals surface area contributed by atoms with Crippen molar-refractivity contribution in [3.8, 4) is 0 Å². The lowest BCUT2D eigenvalue weighted by molar-refractivity contribution is 0.190. The van der Waals surface area contributed by atoms with Gasteiger partial charge in [-0.1, -0.05) is 11.8 Å². The molecule has 0 saturated heterocycles. The standard InChI is InChI=1S/C11H19N3OS/c1-11(7-15,13-9-3-4-9)8-16-10-12-5-6-14(10)2/h5-6,9,13,15H,3-4,7-8H2,1-2H3. The van der Waals surface area contributed by atoms with Crippen molar-refractivity contribution in [2.45, 2.75) is 36.5 Å². The lowest BCUT2D eigenvalue weighted by atomic mass is 10.1. The van der Waals surface area contributed by atoms with Crippen molar-refractivity contribution in [2.24, 2.45) is 7.05 Å². The minimum atomic E-state index is -0.197. The molecule has 1 unspecified atom stereocenters. The van der Waals surface area contributed by atoms with Crippen LogP contribution in [0.1, 0.15) is 19.8 Å². The second kappa shape index (κ2) is 4.77. The number of aromatic nitrogens is 2. The summed E-state index contributed by atoms with van der Waals surface area (Å²) in [5, 5.41) is 13.9. The fourth-order valence-corrected chi connectivity index (χ4v) is 2.59. The van der Waals surface area contributed by atoms with Gasteiger partial charge in [0.15, 0.2) is 5.16 Å². The van der Waals surface area contributed by atoms with Crippen molar-refractivity contribution in [1.82, 2.24) is 14.9 Å². The average molecular weight is 241 g/mol. The molecule has 0 amide bonds. The SMILES string of the molecule is Cn1ccnc1SCC(C)(CO)NC1CC1. The van der Waals surface area contributed by atoms with Gasteiger partial charge in [-0.3, -0.25) is 0 Å². The number of aliphatic hydroxyl groups is 1. The van der Waals surface area contributed by atoms with Crippen LogP contribution in [0.15, 0.2) is 17.6 Å². The van der Waals surface area contributed by atoms with Crippen LogP contribution in [0.2, 0.25) is 0 Å². The zero-order chi connectivity index (χ0) is 11.6. The molecule has 0 spiro atoms. The van der Waals surface area contributed by atoms with Gasteiger partial charge in [-0.15, -0.1) is 0 Å². The minimum absolute atomic E-state index is 0.168. The molecule has 0 bridgehead atoms. The molecule has 2 rings (SSSR count). The summed E-state index contributed by atoms with van der Waals surface area (Å²) in [6.45, 7) is 2.24. The van der Waals surface area contributed by atoms with Crippen LogP contribution in [0.25, 0.3) is 0 Å². The molecule has 0 radical (unpaired) electrons. The second-order valence-corrected chi connectivity index (χ2v) is 5.69. The largest absolute Gasteiger partial charge is 0.394 e. The van der Waals surface area contributed by atoms with E-state index in [1.54, 1.807) is 18.0 Å². The third kappa shape index (κ3) is 2.99. The van der Waals surface area contributed by atoms with Crippen LogP contribution in [-0.4, -0.2) is 38.6 Å². The van der Waals surface area contributed by atoms with Gasteiger partial charge in [0.25, 0.3) is 0 Å². The molecule has 0 aromatic carbocycles.